The molecule has 834 valence electrons. The highest BCUT2D eigenvalue weighted by atomic mass is 33.1. The first-order chi connectivity index (χ1) is 71.4. The average molecular weight is 2150 g/mol. The number of primary amides is 1. The topological polar surface area (TPSA) is 717 Å². The number of aliphatic hydroxyl groups is 1. The van der Waals surface area contributed by atoms with E-state index in [-0.39, 0.29) is 172 Å². The van der Waals surface area contributed by atoms with Gasteiger partial charge in [-0.3, -0.25) is 106 Å². The number of nitrogens with one attached hydrogen (secondary N) is 13. The number of fused-ring (bicyclic) bond motifs is 1. The zero-order chi connectivity index (χ0) is 109. The second-order valence-electron chi connectivity index (χ2n) is 37.2. The van der Waals surface area contributed by atoms with Crippen molar-refractivity contribution in [3.8, 4) is 0 Å². The van der Waals surface area contributed by atoms with Gasteiger partial charge in [0.1, 0.15) is 73.1 Å². The number of aliphatic hydroxyl groups excluding tert-OH is 1. The number of unbranched alkanes of at least 4 members (excludes halogenated alkanes) is 13. The van der Waals surface area contributed by atoms with Gasteiger partial charge in [0.25, 0.3) is 0 Å². The Labute approximate surface area is 882 Å². The van der Waals surface area contributed by atoms with Crippen LogP contribution < -0.4 is 81.0 Å². The van der Waals surface area contributed by atoms with E-state index >= 15 is 0 Å². The van der Waals surface area contributed by atoms with Gasteiger partial charge in [0.2, 0.25) is 88.6 Å². The number of aliphatic carboxylic acids is 4. The van der Waals surface area contributed by atoms with E-state index < -0.39 is 194 Å². The molecule has 3 saturated heterocycles. The summed E-state index contributed by atoms with van der Waals surface area (Å²) < 4.78 is 10.8. The van der Waals surface area contributed by atoms with Crippen LogP contribution in [0.2, 0.25) is 0 Å². The molecule has 5 heterocycles. The molecule has 4 aliphatic heterocycles. The molecule has 49 heteroatoms. The Balaban J connectivity index is 0.000000530. The van der Waals surface area contributed by atoms with Crippen molar-refractivity contribution in [1.29, 1.82) is 0 Å². The number of ether oxygens (including phenoxy) is 2. The second-order valence-corrected chi connectivity index (χ2v) is 39.9. The van der Waals surface area contributed by atoms with Crippen molar-refractivity contribution in [2.75, 3.05) is 96.9 Å². The number of carbonyl (C=O) groups is 19. The summed E-state index contributed by atoms with van der Waals surface area (Å²) in [6.07, 6.45) is 21.6. The van der Waals surface area contributed by atoms with Gasteiger partial charge >= 0.3 is 23.9 Å². The monoisotopic (exact) mass is 2140 g/mol. The lowest BCUT2D eigenvalue weighted by atomic mass is 10.0. The van der Waals surface area contributed by atoms with Gasteiger partial charge in [-0.15, -0.1) is 0 Å². The maximum Gasteiger partial charge on any atom is 0.317 e. The first kappa shape index (κ1) is 128. The number of nitrogens with two attached hydrogens (primary N) is 3. The molecule has 0 bridgehead atoms. The maximum absolute atomic E-state index is 14.7. The minimum atomic E-state index is -1.66. The van der Waals surface area contributed by atoms with Crippen LogP contribution in [0.4, 0.5) is 0 Å². The molecule has 3 aromatic rings. The molecule has 47 nitrogen and oxygen atoms in total. The van der Waals surface area contributed by atoms with Crippen LogP contribution in [0, 0.1) is 0 Å². The highest BCUT2D eigenvalue weighted by molar-refractivity contribution is 8.76. The number of aliphatic imine (C=N–C) groups is 2. The molecule has 0 unspecified atom stereocenters. The van der Waals surface area contributed by atoms with Gasteiger partial charge in [-0.1, -0.05) is 148 Å². The van der Waals surface area contributed by atoms with E-state index in [0.717, 1.165) is 85.6 Å². The van der Waals surface area contributed by atoms with E-state index in [9.17, 15) is 112 Å². The van der Waals surface area contributed by atoms with Crippen molar-refractivity contribution in [3.05, 3.63) is 83.7 Å². The zero-order valence-electron chi connectivity index (χ0n) is 85.4. The number of aromatic amines is 1. The Kier molecular flexibility index (Phi) is 61.0. The summed E-state index contributed by atoms with van der Waals surface area (Å²) in [4.78, 5) is 263. The molecule has 1 aromatic heterocycles. The molecule has 4 aliphatic rings. The average Bonchev–Trinajstić information content (AvgIpc) is 1.67. The molecule has 0 aliphatic carbocycles. The molecule has 15 amide bonds. The number of H-pyrrole nitrogens is 1. The molecule has 24 N–H and O–H groups in total. The fourth-order valence-corrected chi connectivity index (χ4v) is 19.5. The number of hydrogen-bond acceptors (Lipinski definition) is 27. The summed E-state index contributed by atoms with van der Waals surface area (Å²) in [6.45, 7) is 4.10. The molecular formula is C101H157N21O26S2. The number of nitrogens with zero attached hydrogens (tertiary/aromatic N) is 5. The van der Waals surface area contributed by atoms with Crippen molar-refractivity contribution in [1.82, 2.24) is 83.5 Å². The Morgan fingerprint density at radius 3 is 1.71 bits per heavy atom. The number of benzene rings is 2. The van der Waals surface area contributed by atoms with Gasteiger partial charge in [-0.25, -0.2) is 0 Å². The fourth-order valence-electron chi connectivity index (χ4n) is 17.3. The molecule has 12 atom stereocenters. The third-order valence-electron chi connectivity index (χ3n) is 25.2. The van der Waals surface area contributed by atoms with Crippen LogP contribution in [0.5, 0.6) is 0 Å². The number of carboxylic acid groups (broad SMARTS) is 4. The van der Waals surface area contributed by atoms with Crippen LogP contribution in [0.1, 0.15) is 238 Å². The first-order valence-corrected chi connectivity index (χ1v) is 53.8. The van der Waals surface area contributed by atoms with Crippen molar-refractivity contribution >= 4 is 157 Å². The Bertz CT molecular complexity index is 4940. The number of guanidine groups is 1. The molecule has 0 saturated carbocycles. The Morgan fingerprint density at radius 1 is 0.547 bits per heavy atom. The lowest BCUT2D eigenvalue weighted by Crippen LogP contribution is -2.60. The van der Waals surface area contributed by atoms with Gasteiger partial charge in [0, 0.05) is 138 Å². The lowest BCUT2D eigenvalue weighted by molar-refractivity contribution is -0.142. The summed E-state index contributed by atoms with van der Waals surface area (Å²) in [5.41, 5.74) is 19.6. The maximum atomic E-state index is 14.7. The van der Waals surface area contributed by atoms with Crippen molar-refractivity contribution in [2.45, 2.75) is 313 Å². The normalized spacial score (nSPS) is 19.0. The largest absolute Gasteiger partial charge is 0.481 e. The minimum Gasteiger partial charge on any atom is -0.481 e. The highest BCUT2D eigenvalue weighted by Gasteiger charge is 2.40. The van der Waals surface area contributed by atoms with E-state index in [0.29, 0.717) is 62.3 Å². The SMILES string of the molecule is C.CC(=O)N1CCC[C@H]1C(=O)N[C@@H](CO)C(=O)N[C@@H](CCC(=O)O)C(=O)N[C@@H](CCCCN(CC(=O)O)CC(=O)O)C(=O)N[C@@H](CCCCNC(=O)COCCOCCNC(=O)CCCCCCCCCCCCCCC(=O)O)C(N)=O.CC(=O)N[C@H]1CCSSC[C@@H](C(=O)N2CCC[C@H]2C)NC(=O)[C@H](Cc2c[nH]c3ccccc23)NC(=O)[C@H](CCCN=C(N)N)NC(=O)[C@@H](Cc2ccccc2)NC(=O)[C@H](CC2=CCC=N2)NC1=O. The number of likely N-dealkylation sites (tertiary alicyclic amines) is 2. The summed E-state index contributed by atoms with van der Waals surface area (Å²) in [5, 5.41) is 79.6. The van der Waals surface area contributed by atoms with E-state index in [2.05, 4.69) is 78.8 Å². The number of allylic oxidation sites excluding steroid dienone is 1. The van der Waals surface area contributed by atoms with Gasteiger partial charge in [0.15, 0.2) is 5.96 Å². The number of para-hydroxylation sites is 1. The third-order valence-corrected chi connectivity index (χ3v) is 27.6. The van der Waals surface area contributed by atoms with Crippen LogP contribution in [0.25, 0.3) is 10.9 Å². The number of aromatic nitrogens is 1. The van der Waals surface area contributed by atoms with Crippen LogP contribution in [-0.2, 0) is 113 Å². The summed E-state index contributed by atoms with van der Waals surface area (Å²) in [7, 11) is 2.69. The fraction of sp³-hybridized carbons (Fsp3) is 0.634. The van der Waals surface area contributed by atoms with Crippen molar-refractivity contribution < 1.29 is 126 Å². The van der Waals surface area contributed by atoms with E-state index in [1.807, 2.05) is 43.3 Å². The standard InChI is InChI=1S/C53H91N9O19.C47H62N12O7S2.CH4/c1-37(64)62-29-18-21-42(62)53(79)60-41(35-63)52(78)59-40(24-25-46(69)70)51(77)58-39(20-15-17-28-61(33-47(71)72)34-48(73)74)50(76)57-38(49(54)75)19-14-16-26-55-44(66)36-81-32-31-80-30-27-56-43(65)22-12-10-8-6-4-2-3-5-7-9-11-13-23-45(67)68;1-28-11-10-21-59(28)46(66)40-27-68-67-22-18-36(53-29(2)60)42(62)57-39(25-32-14-8-19-50-32)45(65)55-37(23-30-12-4-3-5-13-30)43(63)54-35(17-9-20-51-47(48)49)41(61)56-38(44(64)58-40)24-31-26-52-34-16-7-6-15-33(31)34;/h38-42,63H,2-36H2,1H3,(H2,54,75)(H,55,66)(H,56,65)(H,57,76)(H,58,77)(H,59,78)(H,60,79)(H,67,68)(H,69,70)(H,71,72)(H,73,74);3-7,12-16,19,26,28,35-40,52H,8-11,17-18,20-25,27H2,1-2H3,(H,53,60)(H,54,63)(H,55,65)(H,56,61)(H,57,62)(H,58,64)(H4,48,49,51);1H4/t38-,39-,40-,41-,42-;28-,35+,36+,37-,38+,39+,40+;/m01./s1. The van der Waals surface area contributed by atoms with Gasteiger partial charge < -0.3 is 131 Å². The molecule has 2 aromatic carbocycles. The Hall–Kier alpha value is -12.9. The zero-order valence-corrected chi connectivity index (χ0v) is 87.0. The smallest absolute Gasteiger partial charge is 0.317 e. The van der Waals surface area contributed by atoms with Crippen molar-refractivity contribution in [3.63, 3.8) is 0 Å². The van der Waals surface area contributed by atoms with Crippen LogP contribution in [-0.4, -0.2) is 339 Å². The lowest BCUT2D eigenvalue weighted by Gasteiger charge is -2.29. The van der Waals surface area contributed by atoms with E-state index in [4.69, 9.17) is 31.8 Å². The minimum absolute atomic E-state index is 0. The van der Waals surface area contributed by atoms with E-state index in [1.54, 1.807) is 41.6 Å². The van der Waals surface area contributed by atoms with Gasteiger partial charge in [-0.05, 0) is 133 Å². The highest BCUT2D eigenvalue weighted by Crippen LogP contribution is 2.28. The van der Waals surface area contributed by atoms with Gasteiger partial charge in [-0.2, -0.15) is 0 Å². The summed E-state index contributed by atoms with van der Waals surface area (Å²) >= 11 is 0. The molecule has 0 spiro atoms. The molecule has 7 rings (SSSR count). The van der Waals surface area contributed by atoms with Gasteiger partial charge in [0.05, 0.1) is 39.5 Å². The van der Waals surface area contributed by atoms with Crippen LogP contribution in [0.3, 0.4) is 0 Å². The predicted octanol–water partition coefficient (Wildman–Crippen LogP) is 2.02. The summed E-state index contributed by atoms with van der Waals surface area (Å²) in [5.74, 6) is -14.0. The number of amides is 15. The third kappa shape index (κ3) is 50.6. The second kappa shape index (κ2) is 71.8. The number of hydrogen-bond donors (Lipinski definition) is 21. The summed E-state index contributed by atoms with van der Waals surface area (Å²) in [6, 6.07) is 2.48. The molecule has 3 fully saturated rings. The van der Waals surface area contributed by atoms with Crippen LogP contribution >= 0.6 is 21.6 Å². The Morgan fingerprint density at radius 2 is 1.10 bits per heavy atom. The predicted molar refractivity (Wildman–Crippen MR) is 562 cm³/mol. The van der Waals surface area contributed by atoms with Crippen molar-refractivity contribution in [2.24, 2.45) is 27.2 Å². The number of carboxylic acids is 4. The van der Waals surface area contributed by atoms with E-state index in [1.165, 1.54) is 66.0 Å². The molecule has 0 radical (unpaired) electrons. The first-order valence-electron chi connectivity index (χ1n) is 51.3. The van der Waals surface area contributed by atoms with Crippen LogP contribution in [0.15, 0.2) is 82.6 Å². The molecule has 150 heavy (non-hydrogen) atoms. The molecular weight excluding hydrogens is 1990 g/mol. The quantitative estimate of drug-likeness (QED) is 0.0166. The number of rotatable bonds is 62. The number of carbonyl (C=O) groups excluding carboxylic acids is 15.